The fourth-order valence-corrected chi connectivity index (χ4v) is 3.19. The number of allylic oxidation sites excluding steroid dienone is 1. The van der Waals surface area contributed by atoms with Gasteiger partial charge in [-0.15, -0.1) is 0 Å². The van der Waals surface area contributed by atoms with Crippen LogP contribution in [0.25, 0.3) is 16.7 Å². The predicted molar refractivity (Wildman–Crippen MR) is 114 cm³/mol. The summed E-state index contributed by atoms with van der Waals surface area (Å²) in [6.45, 7) is 6.18. The maximum Gasteiger partial charge on any atom is 0.103 e. The van der Waals surface area contributed by atoms with Gasteiger partial charge in [-0.25, -0.2) is 4.99 Å². The minimum absolute atomic E-state index is 0.521. The monoisotopic (exact) mass is 359 g/mol. The molecule has 0 radical (unpaired) electrons. The van der Waals surface area contributed by atoms with E-state index in [2.05, 4.69) is 66.2 Å². The van der Waals surface area contributed by atoms with Crippen molar-refractivity contribution in [3.05, 3.63) is 96.6 Å². The van der Waals surface area contributed by atoms with Crippen LogP contribution in [0.3, 0.4) is 0 Å². The van der Waals surface area contributed by atoms with E-state index in [9.17, 15) is 0 Å². The van der Waals surface area contributed by atoms with Crippen LogP contribution in [-0.2, 0) is 6.42 Å². The number of benzene rings is 3. The Bertz CT molecular complexity index is 907. The predicted octanol–water partition coefficient (Wildman–Crippen LogP) is 7.29. The van der Waals surface area contributed by atoms with E-state index in [1.807, 2.05) is 24.3 Å². The Balaban J connectivity index is 1.99. The lowest BCUT2D eigenvalue weighted by Crippen LogP contribution is -1.94. The van der Waals surface area contributed by atoms with Gasteiger partial charge in [0.15, 0.2) is 0 Å². The van der Waals surface area contributed by atoms with Crippen LogP contribution in [0, 0.1) is 0 Å². The van der Waals surface area contributed by atoms with Crippen LogP contribution in [0.2, 0.25) is 0 Å². The number of hydrogen-bond acceptors (Lipinski definition) is 1. The second-order valence-corrected chi connectivity index (χ2v) is 6.81. The molecule has 0 aliphatic carbocycles. The Morgan fingerprint density at radius 1 is 0.885 bits per heavy atom. The normalized spacial score (nSPS) is 11.4. The third-order valence-electron chi connectivity index (χ3n) is 4.31. The van der Waals surface area contributed by atoms with Gasteiger partial charge in [0.2, 0.25) is 0 Å². The second kappa shape index (κ2) is 8.64. The molecule has 0 spiro atoms. The quantitative estimate of drug-likeness (QED) is 0.410. The van der Waals surface area contributed by atoms with Crippen molar-refractivity contribution < 1.29 is 0 Å². The maximum absolute atomic E-state index is 6.08. The molecule has 0 atom stereocenters. The summed E-state index contributed by atoms with van der Waals surface area (Å²) in [4.78, 5) is 4.54. The summed E-state index contributed by atoms with van der Waals surface area (Å²) < 4.78 is 0. The van der Waals surface area contributed by atoms with Crippen LogP contribution in [0.1, 0.15) is 24.5 Å². The molecule has 0 bridgehead atoms. The van der Waals surface area contributed by atoms with Gasteiger partial charge in [0.25, 0.3) is 0 Å². The zero-order chi connectivity index (χ0) is 18.4. The summed E-state index contributed by atoms with van der Waals surface area (Å²) in [6, 6.07) is 27.0. The zero-order valence-corrected chi connectivity index (χ0v) is 15.7. The summed E-state index contributed by atoms with van der Waals surface area (Å²) in [7, 11) is 0. The summed E-state index contributed by atoms with van der Waals surface area (Å²) >= 11 is 6.08. The zero-order valence-electron chi connectivity index (χ0n) is 15.0. The van der Waals surface area contributed by atoms with Crippen LogP contribution in [0.15, 0.2) is 90.4 Å². The van der Waals surface area contributed by atoms with E-state index in [-0.39, 0.29) is 0 Å². The molecule has 0 N–H and O–H groups in total. The van der Waals surface area contributed by atoms with Gasteiger partial charge >= 0.3 is 0 Å². The van der Waals surface area contributed by atoms with Gasteiger partial charge in [0, 0.05) is 5.56 Å². The Hall–Kier alpha value is -2.64. The fourth-order valence-electron chi connectivity index (χ4n) is 3.09. The van der Waals surface area contributed by atoms with Crippen molar-refractivity contribution in [3.8, 4) is 11.1 Å². The van der Waals surface area contributed by atoms with Crippen molar-refractivity contribution in [2.24, 2.45) is 4.99 Å². The van der Waals surface area contributed by atoms with Crippen LogP contribution in [0.5, 0.6) is 0 Å². The minimum Gasteiger partial charge on any atom is -0.241 e. The van der Waals surface area contributed by atoms with E-state index in [4.69, 9.17) is 11.6 Å². The van der Waals surface area contributed by atoms with Crippen LogP contribution in [0.4, 0.5) is 5.69 Å². The number of nitrogens with zero attached hydrogens (tertiary/aromatic N) is 1. The first kappa shape index (κ1) is 18.2. The molecule has 130 valence electrons. The van der Waals surface area contributed by atoms with Crippen molar-refractivity contribution in [1.29, 1.82) is 0 Å². The van der Waals surface area contributed by atoms with Gasteiger partial charge in [0.1, 0.15) is 5.17 Å². The molecular formula is C24H22ClN. The van der Waals surface area contributed by atoms with E-state index in [0.717, 1.165) is 40.8 Å². The Labute approximate surface area is 160 Å². The molecule has 0 amide bonds. The molecule has 0 heterocycles. The second-order valence-electron chi connectivity index (χ2n) is 6.26. The highest BCUT2D eigenvalue weighted by Gasteiger charge is 2.13. The number of hydrogen-bond donors (Lipinski definition) is 0. The molecule has 0 aliphatic rings. The summed E-state index contributed by atoms with van der Waals surface area (Å²) in [5, 5.41) is 0.521. The van der Waals surface area contributed by atoms with Gasteiger partial charge in [-0.3, -0.25) is 0 Å². The largest absolute Gasteiger partial charge is 0.241 e. The Kier molecular flexibility index (Phi) is 6.04. The summed E-state index contributed by atoms with van der Waals surface area (Å²) in [6.07, 6.45) is 1.82. The average Bonchev–Trinajstić information content (AvgIpc) is 2.67. The number of rotatable bonds is 6. The van der Waals surface area contributed by atoms with Gasteiger partial charge in [-0.2, -0.15) is 0 Å². The maximum atomic E-state index is 6.08. The number of halogens is 1. The smallest absolute Gasteiger partial charge is 0.103 e. The standard InChI is InChI=1S/C24H22ClN/c1-18(16-17-20-10-5-3-6-11-20)24-22(21-12-7-4-8-13-21)14-9-15-23(24)26-19(2)25/h3-15H,1,16-17H2,2H3/b26-19+. The molecule has 0 unspecified atom stereocenters. The first-order valence-corrected chi connectivity index (χ1v) is 9.14. The van der Waals surface area contributed by atoms with Crippen molar-refractivity contribution in [2.75, 3.05) is 0 Å². The molecule has 3 rings (SSSR count). The molecule has 0 aromatic heterocycles. The van der Waals surface area contributed by atoms with Gasteiger partial charge in [-0.1, -0.05) is 91.0 Å². The van der Waals surface area contributed by atoms with E-state index in [0.29, 0.717) is 5.17 Å². The van der Waals surface area contributed by atoms with Crippen molar-refractivity contribution in [2.45, 2.75) is 19.8 Å². The molecule has 3 aromatic rings. The van der Waals surface area contributed by atoms with Gasteiger partial charge in [0.05, 0.1) is 5.69 Å². The van der Waals surface area contributed by atoms with E-state index < -0.39 is 0 Å². The topological polar surface area (TPSA) is 12.4 Å². The molecule has 0 fully saturated rings. The lowest BCUT2D eigenvalue weighted by atomic mass is 9.91. The molecule has 3 aromatic carbocycles. The third kappa shape index (κ3) is 4.50. The van der Waals surface area contributed by atoms with Crippen molar-refractivity contribution in [3.63, 3.8) is 0 Å². The van der Waals surface area contributed by atoms with Gasteiger partial charge in [-0.05, 0) is 48.1 Å². The van der Waals surface area contributed by atoms with Crippen LogP contribution >= 0.6 is 11.6 Å². The SMILES string of the molecule is C=C(CCc1ccccc1)c1c(/N=C(\C)Cl)cccc1-c1ccccc1. The van der Waals surface area contributed by atoms with Crippen molar-refractivity contribution >= 4 is 28.0 Å². The average molecular weight is 360 g/mol. The summed E-state index contributed by atoms with van der Waals surface area (Å²) in [5.41, 5.74) is 6.64. The minimum atomic E-state index is 0.521. The number of aliphatic imine (C=N–C) groups is 1. The molecule has 0 saturated carbocycles. The lowest BCUT2D eigenvalue weighted by Gasteiger charge is -2.15. The number of aryl methyl sites for hydroxylation is 1. The van der Waals surface area contributed by atoms with Crippen molar-refractivity contribution in [1.82, 2.24) is 0 Å². The lowest BCUT2D eigenvalue weighted by molar-refractivity contribution is 1.02. The molecule has 1 nitrogen and oxygen atoms in total. The van der Waals surface area contributed by atoms with Crippen LogP contribution in [-0.4, -0.2) is 5.17 Å². The Morgan fingerprint density at radius 2 is 1.54 bits per heavy atom. The van der Waals surface area contributed by atoms with Crippen LogP contribution < -0.4 is 0 Å². The highest BCUT2D eigenvalue weighted by Crippen LogP contribution is 2.37. The highest BCUT2D eigenvalue weighted by atomic mass is 35.5. The molecule has 0 saturated heterocycles. The van der Waals surface area contributed by atoms with Gasteiger partial charge < -0.3 is 0 Å². The van der Waals surface area contributed by atoms with E-state index in [1.165, 1.54) is 5.56 Å². The van der Waals surface area contributed by atoms with E-state index >= 15 is 0 Å². The first-order chi connectivity index (χ1) is 12.6. The molecular weight excluding hydrogens is 338 g/mol. The molecule has 26 heavy (non-hydrogen) atoms. The molecule has 2 heteroatoms. The third-order valence-corrected chi connectivity index (χ3v) is 4.40. The molecule has 0 aliphatic heterocycles. The summed E-state index contributed by atoms with van der Waals surface area (Å²) in [5.74, 6) is 0. The first-order valence-electron chi connectivity index (χ1n) is 8.76. The Morgan fingerprint density at radius 3 is 2.19 bits per heavy atom. The highest BCUT2D eigenvalue weighted by molar-refractivity contribution is 6.65. The fraction of sp³-hybridized carbons (Fsp3) is 0.125. The van der Waals surface area contributed by atoms with E-state index in [1.54, 1.807) is 6.92 Å².